The van der Waals surface area contributed by atoms with Crippen LogP contribution in [0.4, 0.5) is 0 Å². The number of nitrogens with one attached hydrogen (secondary N) is 1. The largest absolute Gasteiger partial charge is 0.377 e. The molecule has 0 heterocycles. The van der Waals surface area contributed by atoms with Crippen molar-refractivity contribution in [2.24, 2.45) is 0 Å². The van der Waals surface area contributed by atoms with Gasteiger partial charge in [0.15, 0.2) is 0 Å². The minimum absolute atomic E-state index is 0.349. The van der Waals surface area contributed by atoms with Crippen LogP contribution in [-0.4, -0.2) is 25.8 Å². The molecule has 86 valence electrons. The Hall–Kier alpha value is -0.0800. The zero-order valence-corrected chi connectivity index (χ0v) is 10.3. The molecule has 2 nitrogen and oxygen atoms in total. The van der Waals surface area contributed by atoms with E-state index in [-0.39, 0.29) is 0 Å². The van der Waals surface area contributed by atoms with Crippen molar-refractivity contribution in [3.8, 4) is 0 Å². The van der Waals surface area contributed by atoms with Crippen molar-refractivity contribution in [3.63, 3.8) is 0 Å². The van der Waals surface area contributed by atoms with Gasteiger partial charge in [0.25, 0.3) is 0 Å². The Morgan fingerprint density at radius 3 is 2.36 bits per heavy atom. The lowest BCUT2D eigenvalue weighted by Crippen LogP contribution is -2.31. The van der Waals surface area contributed by atoms with E-state index >= 15 is 0 Å². The van der Waals surface area contributed by atoms with E-state index in [1.54, 1.807) is 0 Å². The molecule has 0 aromatic heterocycles. The van der Waals surface area contributed by atoms with Crippen LogP contribution < -0.4 is 5.32 Å². The Kier molecular flexibility index (Phi) is 9.42. The highest BCUT2D eigenvalue weighted by molar-refractivity contribution is 4.63. The summed E-state index contributed by atoms with van der Waals surface area (Å²) >= 11 is 0. The Morgan fingerprint density at radius 2 is 1.86 bits per heavy atom. The van der Waals surface area contributed by atoms with Crippen molar-refractivity contribution < 1.29 is 4.74 Å². The van der Waals surface area contributed by atoms with Gasteiger partial charge in [0.05, 0.1) is 12.7 Å². The third-order valence-electron chi connectivity index (χ3n) is 2.45. The van der Waals surface area contributed by atoms with Crippen molar-refractivity contribution in [1.29, 1.82) is 0 Å². The molecule has 0 radical (unpaired) electrons. The molecule has 1 unspecified atom stereocenters. The molecule has 1 N–H and O–H groups in total. The monoisotopic (exact) mass is 201 g/mol. The van der Waals surface area contributed by atoms with Crippen LogP contribution in [0.2, 0.25) is 0 Å². The van der Waals surface area contributed by atoms with E-state index in [1.807, 2.05) is 7.05 Å². The zero-order valence-electron chi connectivity index (χ0n) is 10.3. The van der Waals surface area contributed by atoms with E-state index in [0.29, 0.717) is 12.1 Å². The van der Waals surface area contributed by atoms with Gasteiger partial charge in [0.1, 0.15) is 0 Å². The Bertz CT molecular complexity index is 115. The van der Waals surface area contributed by atoms with Gasteiger partial charge in [0.2, 0.25) is 0 Å². The van der Waals surface area contributed by atoms with E-state index in [9.17, 15) is 0 Å². The summed E-state index contributed by atoms with van der Waals surface area (Å²) in [6.45, 7) is 7.27. The molecule has 0 rings (SSSR count). The van der Waals surface area contributed by atoms with E-state index in [0.717, 1.165) is 6.61 Å². The molecular formula is C12H27NO. The first kappa shape index (κ1) is 13.9. The van der Waals surface area contributed by atoms with Gasteiger partial charge in [-0.2, -0.15) is 0 Å². The smallest absolute Gasteiger partial charge is 0.0622 e. The van der Waals surface area contributed by atoms with E-state index in [2.05, 4.69) is 26.1 Å². The molecule has 0 fully saturated rings. The lowest BCUT2D eigenvalue weighted by atomic mass is 10.1. The molecular weight excluding hydrogens is 174 g/mol. The molecule has 0 aliphatic heterocycles. The average molecular weight is 201 g/mol. The first-order valence-electron chi connectivity index (χ1n) is 5.99. The molecule has 0 bridgehead atoms. The van der Waals surface area contributed by atoms with Crippen LogP contribution in [0.3, 0.4) is 0 Å². The van der Waals surface area contributed by atoms with Gasteiger partial charge in [-0.05, 0) is 27.3 Å². The summed E-state index contributed by atoms with van der Waals surface area (Å²) in [5, 5.41) is 3.31. The molecule has 0 amide bonds. The van der Waals surface area contributed by atoms with Crippen molar-refractivity contribution in [1.82, 2.24) is 5.32 Å². The highest BCUT2D eigenvalue weighted by atomic mass is 16.5. The lowest BCUT2D eigenvalue weighted by molar-refractivity contribution is 0.0606. The van der Waals surface area contributed by atoms with Crippen molar-refractivity contribution in [3.05, 3.63) is 0 Å². The zero-order chi connectivity index (χ0) is 10.8. The molecule has 0 aliphatic rings. The number of ether oxygens (including phenoxy) is 1. The van der Waals surface area contributed by atoms with Gasteiger partial charge in [-0.15, -0.1) is 0 Å². The van der Waals surface area contributed by atoms with Crippen LogP contribution in [0.25, 0.3) is 0 Å². The maximum absolute atomic E-state index is 5.59. The SMILES string of the molecule is CCCCCCC(COC(C)C)NC. The maximum atomic E-state index is 5.59. The molecule has 14 heavy (non-hydrogen) atoms. The van der Waals surface area contributed by atoms with Crippen molar-refractivity contribution >= 4 is 0 Å². The maximum Gasteiger partial charge on any atom is 0.0622 e. The molecule has 0 aromatic rings. The summed E-state index contributed by atoms with van der Waals surface area (Å²) in [5.41, 5.74) is 0. The number of likely N-dealkylation sites (N-methyl/N-ethyl adjacent to an activating group) is 1. The minimum Gasteiger partial charge on any atom is -0.377 e. The van der Waals surface area contributed by atoms with Crippen LogP contribution in [0.5, 0.6) is 0 Å². The normalized spacial score (nSPS) is 13.5. The predicted molar refractivity (Wildman–Crippen MR) is 62.7 cm³/mol. The number of hydrogen-bond acceptors (Lipinski definition) is 2. The third kappa shape index (κ3) is 8.52. The third-order valence-corrected chi connectivity index (χ3v) is 2.45. The van der Waals surface area contributed by atoms with Crippen molar-refractivity contribution in [2.75, 3.05) is 13.7 Å². The first-order valence-corrected chi connectivity index (χ1v) is 5.99. The van der Waals surface area contributed by atoms with E-state index in [1.165, 1.54) is 32.1 Å². The highest BCUT2D eigenvalue weighted by Gasteiger charge is 2.06. The molecule has 0 aliphatic carbocycles. The summed E-state index contributed by atoms with van der Waals surface area (Å²) in [6, 6.07) is 0.536. The predicted octanol–water partition coefficient (Wildman–Crippen LogP) is 2.97. The minimum atomic E-state index is 0.349. The Balaban J connectivity index is 3.38. The number of rotatable bonds is 9. The molecule has 2 heteroatoms. The lowest BCUT2D eigenvalue weighted by Gasteiger charge is -2.17. The summed E-state index contributed by atoms with van der Waals surface area (Å²) < 4.78 is 5.59. The molecule has 0 spiro atoms. The topological polar surface area (TPSA) is 21.3 Å². The summed E-state index contributed by atoms with van der Waals surface area (Å²) in [6.07, 6.45) is 6.94. The van der Waals surface area contributed by atoms with Crippen LogP contribution >= 0.6 is 0 Å². The van der Waals surface area contributed by atoms with Gasteiger partial charge < -0.3 is 10.1 Å². The summed E-state index contributed by atoms with van der Waals surface area (Å²) in [4.78, 5) is 0. The van der Waals surface area contributed by atoms with Crippen LogP contribution in [0.15, 0.2) is 0 Å². The first-order chi connectivity index (χ1) is 6.70. The fourth-order valence-electron chi connectivity index (χ4n) is 1.44. The second-order valence-electron chi connectivity index (χ2n) is 4.22. The fraction of sp³-hybridized carbons (Fsp3) is 1.00. The standard InChI is InChI=1S/C12H27NO/c1-5-6-7-8-9-12(13-4)10-14-11(2)3/h11-13H,5-10H2,1-4H3. The second kappa shape index (κ2) is 9.47. The quantitative estimate of drug-likeness (QED) is 0.579. The molecule has 0 aromatic carbocycles. The summed E-state index contributed by atoms with van der Waals surface area (Å²) in [7, 11) is 2.02. The Morgan fingerprint density at radius 1 is 1.14 bits per heavy atom. The van der Waals surface area contributed by atoms with Gasteiger partial charge in [0, 0.05) is 6.04 Å². The highest BCUT2D eigenvalue weighted by Crippen LogP contribution is 2.06. The van der Waals surface area contributed by atoms with Gasteiger partial charge in [-0.1, -0.05) is 32.6 Å². The van der Waals surface area contributed by atoms with E-state index in [4.69, 9.17) is 4.74 Å². The van der Waals surface area contributed by atoms with Gasteiger partial charge >= 0.3 is 0 Å². The molecule has 0 saturated heterocycles. The van der Waals surface area contributed by atoms with Gasteiger partial charge in [-0.3, -0.25) is 0 Å². The molecule has 1 atom stereocenters. The number of unbranched alkanes of at least 4 members (excludes halogenated alkanes) is 3. The second-order valence-corrected chi connectivity index (χ2v) is 4.22. The van der Waals surface area contributed by atoms with Crippen LogP contribution in [-0.2, 0) is 4.74 Å². The number of hydrogen-bond donors (Lipinski definition) is 1. The fourth-order valence-corrected chi connectivity index (χ4v) is 1.44. The van der Waals surface area contributed by atoms with Crippen LogP contribution in [0.1, 0.15) is 52.9 Å². The average Bonchev–Trinajstić information content (AvgIpc) is 2.16. The van der Waals surface area contributed by atoms with E-state index < -0.39 is 0 Å². The van der Waals surface area contributed by atoms with Crippen molar-refractivity contribution in [2.45, 2.75) is 65.0 Å². The van der Waals surface area contributed by atoms with Crippen LogP contribution in [0, 0.1) is 0 Å². The molecule has 0 saturated carbocycles. The summed E-state index contributed by atoms with van der Waals surface area (Å²) in [5.74, 6) is 0. The Labute approximate surface area is 89.4 Å². The van der Waals surface area contributed by atoms with Gasteiger partial charge in [-0.25, -0.2) is 0 Å².